The number of Topliss-reactive ketones (excluding diaryl/α,β-unsaturated/α-hetero) is 1. The number of anilines is 1. The zero-order valence-electron chi connectivity index (χ0n) is 21.1. The first kappa shape index (κ1) is 26.8. The standard InChI is InChI=1S/C28H33N3O5S/c1-20(2)17-28(12-15-29-16-13-28)18-24(36-19-32)27(33)22-8-10-23(11-9-22)31-37(34,35)25-7-3-5-21-6-4-14-30-26(21)25/h3-11,14,19-20,24,29,31H,12-13,15-18H2,1-2H3. The van der Waals surface area contributed by atoms with Crippen LogP contribution in [0.5, 0.6) is 0 Å². The minimum absolute atomic E-state index is 0.0719. The van der Waals surface area contributed by atoms with Gasteiger partial charge < -0.3 is 10.1 Å². The van der Waals surface area contributed by atoms with Gasteiger partial charge in [-0.2, -0.15) is 0 Å². The van der Waals surface area contributed by atoms with Crippen LogP contribution in [0.1, 0.15) is 49.9 Å². The number of para-hydroxylation sites is 1. The van der Waals surface area contributed by atoms with E-state index in [1.54, 1.807) is 42.6 Å². The molecule has 4 rings (SSSR count). The number of benzene rings is 2. The van der Waals surface area contributed by atoms with Crippen LogP contribution in [0.4, 0.5) is 5.69 Å². The van der Waals surface area contributed by atoms with E-state index in [1.807, 2.05) is 0 Å². The molecule has 1 unspecified atom stereocenters. The maximum absolute atomic E-state index is 13.4. The van der Waals surface area contributed by atoms with Crippen LogP contribution in [0, 0.1) is 11.3 Å². The van der Waals surface area contributed by atoms with Crippen molar-refractivity contribution in [1.82, 2.24) is 10.3 Å². The third-order valence-corrected chi connectivity index (χ3v) is 8.36. The van der Waals surface area contributed by atoms with Crippen LogP contribution in [-0.4, -0.2) is 44.9 Å². The Bertz CT molecular complexity index is 1340. The highest BCUT2D eigenvalue weighted by Gasteiger charge is 2.38. The average Bonchev–Trinajstić information content (AvgIpc) is 2.88. The zero-order valence-corrected chi connectivity index (χ0v) is 22.0. The van der Waals surface area contributed by atoms with Crippen LogP contribution >= 0.6 is 0 Å². The number of rotatable bonds is 11. The van der Waals surface area contributed by atoms with Gasteiger partial charge in [0, 0.05) is 22.8 Å². The van der Waals surface area contributed by atoms with Crippen molar-refractivity contribution in [3.63, 3.8) is 0 Å². The third-order valence-electron chi connectivity index (χ3n) is 6.94. The molecule has 1 saturated heterocycles. The minimum atomic E-state index is -3.91. The Balaban J connectivity index is 1.52. The fourth-order valence-corrected chi connectivity index (χ4v) is 6.61. The Kier molecular flexibility index (Phi) is 8.24. The Morgan fingerprint density at radius 3 is 2.46 bits per heavy atom. The number of ketones is 1. The van der Waals surface area contributed by atoms with E-state index in [9.17, 15) is 18.0 Å². The Labute approximate surface area is 217 Å². The van der Waals surface area contributed by atoms with Gasteiger partial charge in [0.15, 0.2) is 6.10 Å². The van der Waals surface area contributed by atoms with Gasteiger partial charge in [-0.3, -0.25) is 19.3 Å². The smallest absolute Gasteiger partial charge is 0.293 e. The number of ether oxygens (including phenoxy) is 1. The zero-order chi connectivity index (χ0) is 26.5. The summed E-state index contributed by atoms with van der Waals surface area (Å²) in [6.45, 7) is 6.41. The quantitative estimate of drug-likeness (QED) is 0.280. The van der Waals surface area contributed by atoms with Gasteiger partial charge in [-0.05, 0) is 86.5 Å². The van der Waals surface area contributed by atoms with Crippen LogP contribution in [0.3, 0.4) is 0 Å². The van der Waals surface area contributed by atoms with Gasteiger partial charge >= 0.3 is 0 Å². The average molecular weight is 524 g/mol. The number of hydrogen-bond donors (Lipinski definition) is 2. The van der Waals surface area contributed by atoms with Crippen molar-refractivity contribution >= 4 is 38.9 Å². The molecule has 0 radical (unpaired) electrons. The van der Waals surface area contributed by atoms with Crippen molar-refractivity contribution in [1.29, 1.82) is 0 Å². The molecule has 2 N–H and O–H groups in total. The lowest BCUT2D eigenvalue weighted by Gasteiger charge is -2.40. The van der Waals surface area contributed by atoms with Gasteiger partial charge in [0.05, 0.1) is 5.52 Å². The van der Waals surface area contributed by atoms with Crippen LogP contribution < -0.4 is 10.0 Å². The minimum Gasteiger partial charge on any atom is -0.456 e. The summed E-state index contributed by atoms with van der Waals surface area (Å²) in [5.41, 5.74) is 0.971. The number of piperidine rings is 1. The van der Waals surface area contributed by atoms with Gasteiger partial charge in [-0.15, -0.1) is 0 Å². The van der Waals surface area contributed by atoms with Crippen molar-refractivity contribution in [3.05, 3.63) is 66.4 Å². The molecule has 0 aliphatic carbocycles. The molecule has 0 spiro atoms. The first-order chi connectivity index (χ1) is 17.7. The van der Waals surface area contributed by atoms with Crippen LogP contribution in [0.2, 0.25) is 0 Å². The highest BCUT2D eigenvalue weighted by molar-refractivity contribution is 7.93. The van der Waals surface area contributed by atoms with E-state index in [2.05, 4.69) is 28.9 Å². The summed E-state index contributed by atoms with van der Waals surface area (Å²) in [7, 11) is -3.91. The summed E-state index contributed by atoms with van der Waals surface area (Å²) in [5, 5.41) is 4.09. The molecule has 8 nitrogen and oxygen atoms in total. The molecule has 1 fully saturated rings. The Morgan fingerprint density at radius 2 is 1.78 bits per heavy atom. The van der Waals surface area contributed by atoms with Crippen molar-refractivity contribution in [2.45, 2.75) is 50.5 Å². The second-order valence-electron chi connectivity index (χ2n) is 10.2. The molecule has 196 valence electrons. The molecular weight excluding hydrogens is 490 g/mol. The molecule has 0 saturated carbocycles. The molecule has 1 aliphatic heterocycles. The molecule has 2 heterocycles. The van der Waals surface area contributed by atoms with E-state index >= 15 is 0 Å². The van der Waals surface area contributed by atoms with E-state index in [4.69, 9.17) is 4.74 Å². The van der Waals surface area contributed by atoms with Crippen molar-refractivity contribution in [2.24, 2.45) is 11.3 Å². The van der Waals surface area contributed by atoms with E-state index in [0.29, 0.717) is 35.6 Å². The van der Waals surface area contributed by atoms with Crippen molar-refractivity contribution in [3.8, 4) is 0 Å². The number of aromatic nitrogens is 1. The van der Waals surface area contributed by atoms with Gasteiger partial charge in [-0.25, -0.2) is 8.42 Å². The van der Waals surface area contributed by atoms with Gasteiger partial charge in [0.25, 0.3) is 16.5 Å². The maximum Gasteiger partial charge on any atom is 0.293 e. The van der Waals surface area contributed by atoms with Crippen LogP contribution in [-0.2, 0) is 19.6 Å². The molecule has 1 aromatic heterocycles. The first-order valence-corrected chi connectivity index (χ1v) is 14.0. The molecule has 2 aromatic carbocycles. The van der Waals surface area contributed by atoms with Crippen molar-refractivity contribution < 1.29 is 22.7 Å². The number of sulfonamides is 1. The summed E-state index contributed by atoms with van der Waals surface area (Å²) in [4.78, 5) is 28.9. The lowest BCUT2D eigenvalue weighted by atomic mass is 9.69. The summed E-state index contributed by atoms with van der Waals surface area (Å²) in [6, 6.07) is 14.7. The van der Waals surface area contributed by atoms with E-state index in [1.165, 1.54) is 18.2 Å². The lowest BCUT2D eigenvalue weighted by molar-refractivity contribution is -0.133. The molecule has 3 aromatic rings. The number of pyridine rings is 1. The lowest BCUT2D eigenvalue weighted by Crippen LogP contribution is -2.42. The number of hydrogen-bond acceptors (Lipinski definition) is 7. The van der Waals surface area contributed by atoms with Crippen LogP contribution in [0.15, 0.2) is 65.7 Å². The number of nitrogens with one attached hydrogen (secondary N) is 2. The van der Waals surface area contributed by atoms with Gasteiger partial charge in [0.2, 0.25) is 5.78 Å². The fourth-order valence-electron chi connectivity index (χ4n) is 5.37. The van der Waals surface area contributed by atoms with Crippen LogP contribution in [0.25, 0.3) is 10.9 Å². The number of carbonyl (C=O) groups excluding carboxylic acids is 2. The topological polar surface area (TPSA) is 114 Å². The predicted octanol–water partition coefficient (Wildman–Crippen LogP) is 4.57. The summed E-state index contributed by atoms with van der Waals surface area (Å²) >= 11 is 0. The molecule has 9 heteroatoms. The molecule has 1 aliphatic rings. The number of carbonyl (C=O) groups is 2. The van der Waals surface area contributed by atoms with E-state index < -0.39 is 16.1 Å². The third kappa shape index (κ3) is 6.34. The second-order valence-corrected chi connectivity index (χ2v) is 11.8. The fraction of sp³-hybridized carbons (Fsp3) is 0.393. The molecule has 0 bridgehead atoms. The van der Waals surface area contributed by atoms with E-state index in [-0.39, 0.29) is 16.1 Å². The SMILES string of the molecule is CC(C)CC1(CC(OC=O)C(=O)c2ccc(NS(=O)(=O)c3cccc4cccnc34)cc2)CCNCC1. The van der Waals surface area contributed by atoms with Gasteiger partial charge in [-0.1, -0.05) is 32.0 Å². The number of nitrogens with zero attached hydrogens (tertiary/aromatic N) is 1. The normalized spacial score (nSPS) is 16.3. The predicted molar refractivity (Wildman–Crippen MR) is 143 cm³/mol. The maximum atomic E-state index is 13.4. The highest BCUT2D eigenvalue weighted by atomic mass is 32.2. The monoisotopic (exact) mass is 523 g/mol. The second kappa shape index (κ2) is 11.4. The first-order valence-electron chi connectivity index (χ1n) is 12.5. The molecule has 1 atom stereocenters. The van der Waals surface area contributed by atoms with Gasteiger partial charge in [0.1, 0.15) is 4.90 Å². The van der Waals surface area contributed by atoms with Crippen molar-refractivity contribution in [2.75, 3.05) is 17.8 Å². The van der Waals surface area contributed by atoms with E-state index in [0.717, 1.165) is 37.7 Å². The summed E-state index contributed by atoms with van der Waals surface area (Å²) in [5.74, 6) is 0.163. The summed E-state index contributed by atoms with van der Waals surface area (Å²) in [6.07, 6.45) is 3.91. The molecule has 37 heavy (non-hydrogen) atoms. The molecular formula is C28H33N3O5S. The Hall–Kier alpha value is -3.30. The highest BCUT2D eigenvalue weighted by Crippen LogP contribution is 2.41. The number of fused-ring (bicyclic) bond motifs is 1. The molecule has 0 amide bonds. The summed E-state index contributed by atoms with van der Waals surface area (Å²) < 4.78 is 34.1. The largest absolute Gasteiger partial charge is 0.456 e. The Morgan fingerprint density at radius 1 is 1.08 bits per heavy atom.